The van der Waals surface area contributed by atoms with Gasteiger partial charge in [-0.3, -0.25) is 10.6 Å². The molecule has 1 atom stereocenters. The maximum atomic E-state index is 11.2. The molecule has 0 aliphatic heterocycles. The van der Waals surface area contributed by atoms with Crippen molar-refractivity contribution in [2.75, 3.05) is 0 Å². The zero-order valence-electron chi connectivity index (χ0n) is 8.18. The van der Waals surface area contributed by atoms with E-state index in [4.69, 9.17) is 11.6 Å². The van der Waals surface area contributed by atoms with Crippen LogP contribution in [0.3, 0.4) is 0 Å². The number of hydrogen-bond acceptors (Lipinski definition) is 3. The number of amides is 1. The van der Waals surface area contributed by atoms with Crippen LogP contribution in [0.25, 0.3) is 0 Å². The summed E-state index contributed by atoms with van der Waals surface area (Å²) < 4.78 is 0. The summed E-state index contributed by atoms with van der Waals surface area (Å²) in [6.07, 6.45) is 5.70. The van der Waals surface area contributed by atoms with E-state index in [0.29, 0.717) is 5.92 Å². The molecule has 1 aliphatic rings. The minimum atomic E-state index is -0.722. The average Bonchev–Trinajstić information content (AvgIpc) is 2.17. The molecule has 0 aromatic heterocycles. The second kappa shape index (κ2) is 4.07. The Labute approximate surface area is 79.0 Å². The van der Waals surface area contributed by atoms with Crippen molar-refractivity contribution in [2.24, 2.45) is 17.5 Å². The SMILES string of the molecule is CC(NN)(C(N)=O)C1CCCCC1. The van der Waals surface area contributed by atoms with Crippen LogP contribution in [-0.4, -0.2) is 11.4 Å². The minimum absolute atomic E-state index is 0.295. The topological polar surface area (TPSA) is 81.1 Å². The second-order valence-corrected chi connectivity index (χ2v) is 4.05. The zero-order valence-corrected chi connectivity index (χ0v) is 8.18. The number of hydrogen-bond donors (Lipinski definition) is 3. The molecule has 0 saturated heterocycles. The van der Waals surface area contributed by atoms with Crippen molar-refractivity contribution in [1.29, 1.82) is 0 Å². The summed E-state index contributed by atoms with van der Waals surface area (Å²) in [5, 5.41) is 0. The van der Waals surface area contributed by atoms with Gasteiger partial charge in [0.05, 0.1) is 0 Å². The van der Waals surface area contributed by atoms with E-state index in [-0.39, 0.29) is 5.91 Å². The van der Waals surface area contributed by atoms with Crippen LogP contribution in [0.1, 0.15) is 39.0 Å². The molecular weight excluding hydrogens is 166 g/mol. The Morgan fingerprint density at radius 1 is 1.38 bits per heavy atom. The van der Waals surface area contributed by atoms with E-state index in [0.717, 1.165) is 12.8 Å². The van der Waals surface area contributed by atoms with Gasteiger partial charge in [-0.25, -0.2) is 5.43 Å². The van der Waals surface area contributed by atoms with E-state index in [1.807, 2.05) is 0 Å². The van der Waals surface area contributed by atoms with Crippen molar-refractivity contribution in [3.63, 3.8) is 0 Å². The lowest BCUT2D eigenvalue weighted by Crippen LogP contribution is -2.61. The highest BCUT2D eigenvalue weighted by Gasteiger charge is 2.38. The van der Waals surface area contributed by atoms with Crippen LogP contribution >= 0.6 is 0 Å². The molecule has 1 rings (SSSR count). The monoisotopic (exact) mass is 185 g/mol. The summed E-state index contributed by atoms with van der Waals surface area (Å²) in [6, 6.07) is 0. The Kier molecular flexibility index (Phi) is 3.27. The second-order valence-electron chi connectivity index (χ2n) is 4.05. The largest absolute Gasteiger partial charge is 0.368 e. The van der Waals surface area contributed by atoms with Gasteiger partial charge in [0.1, 0.15) is 5.54 Å². The van der Waals surface area contributed by atoms with Crippen LogP contribution in [0.5, 0.6) is 0 Å². The first kappa shape index (κ1) is 10.5. The molecule has 0 bridgehead atoms. The lowest BCUT2D eigenvalue weighted by Gasteiger charge is -2.36. The first-order valence-corrected chi connectivity index (χ1v) is 4.89. The maximum Gasteiger partial charge on any atom is 0.239 e. The van der Waals surface area contributed by atoms with E-state index >= 15 is 0 Å². The molecule has 0 spiro atoms. The fourth-order valence-electron chi connectivity index (χ4n) is 2.07. The summed E-state index contributed by atoms with van der Waals surface area (Å²) in [5.41, 5.74) is 7.18. The van der Waals surface area contributed by atoms with Gasteiger partial charge in [0.25, 0.3) is 0 Å². The number of rotatable bonds is 3. The quantitative estimate of drug-likeness (QED) is 0.436. The van der Waals surface area contributed by atoms with Gasteiger partial charge in [0.2, 0.25) is 5.91 Å². The van der Waals surface area contributed by atoms with Gasteiger partial charge < -0.3 is 5.73 Å². The highest BCUT2D eigenvalue weighted by atomic mass is 16.1. The maximum absolute atomic E-state index is 11.2. The molecule has 5 N–H and O–H groups in total. The number of carbonyl (C=O) groups is 1. The van der Waals surface area contributed by atoms with Crippen LogP contribution in [0.4, 0.5) is 0 Å². The lowest BCUT2D eigenvalue weighted by molar-refractivity contribution is -0.126. The Hall–Kier alpha value is -0.610. The molecule has 1 saturated carbocycles. The van der Waals surface area contributed by atoms with Gasteiger partial charge in [-0.05, 0) is 25.7 Å². The third-order valence-electron chi connectivity index (χ3n) is 3.23. The Balaban J connectivity index is 2.68. The minimum Gasteiger partial charge on any atom is -0.368 e. The number of primary amides is 1. The lowest BCUT2D eigenvalue weighted by atomic mass is 9.75. The van der Waals surface area contributed by atoms with Gasteiger partial charge in [0.15, 0.2) is 0 Å². The molecule has 1 fully saturated rings. The molecule has 4 nitrogen and oxygen atoms in total. The third-order valence-corrected chi connectivity index (χ3v) is 3.23. The van der Waals surface area contributed by atoms with Gasteiger partial charge in [-0.2, -0.15) is 0 Å². The molecule has 0 aromatic carbocycles. The molecule has 0 aromatic rings. The van der Waals surface area contributed by atoms with E-state index in [9.17, 15) is 4.79 Å². The summed E-state index contributed by atoms with van der Waals surface area (Å²) in [7, 11) is 0. The fourth-order valence-corrected chi connectivity index (χ4v) is 2.07. The Morgan fingerprint density at radius 2 is 1.92 bits per heavy atom. The molecular formula is C9H19N3O. The molecule has 0 radical (unpaired) electrons. The van der Waals surface area contributed by atoms with Gasteiger partial charge >= 0.3 is 0 Å². The Bertz CT molecular complexity index is 189. The summed E-state index contributed by atoms with van der Waals surface area (Å²) in [5.74, 6) is 5.34. The molecule has 4 heteroatoms. The zero-order chi connectivity index (χ0) is 9.90. The van der Waals surface area contributed by atoms with Gasteiger partial charge in [0, 0.05) is 0 Å². The van der Waals surface area contributed by atoms with Crippen molar-refractivity contribution >= 4 is 5.91 Å². The molecule has 76 valence electrons. The predicted octanol–water partition coefficient (Wildman–Crippen LogP) is 0.274. The third kappa shape index (κ3) is 2.00. The van der Waals surface area contributed by atoms with Crippen molar-refractivity contribution in [1.82, 2.24) is 5.43 Å². The molecule has 1 aliphatic carbocycles. The van der Waals surface area contributed by atoms with Crippen LogP contribution < -0.4 is 17.0 Å². The summed E-state index contributed by atoms with van der Waals surface area (Å²) in [6.45, 7) is 1.80. The van der Waals surface area contributed by atoms with Crippen molar-refractivity contribution in [2.45, 2.75) is 44.6 Å². The van der Waals surface area contributed by atoms with E-state index in [1.54, 1.807) is 6.92 Å². The van der Waals surface area contributed by atoms with Crippen LogP contribution in [0, 0.1) is 5.92 Å². The van der Waals surface area contributed by atoms with E-state index in [1.165, 1.54) is 19.3 Å². The van der Waals surface area contributed by atoms with Crippen molar-refractivity contribution < 1.29 is 4.79 Å². The van der Waals surface area contributed by atoms with Crippen molar-refractivity contribution in [3.05, 3.63) is 0 Å². The first-order chi connectivity index (χ1) is 6.11. The van der Waals surface area contributed by atoms with Crippen LogP contribution in [-0.2, 0) is 4.79 Å². The molecule has 0 heterocycles. The van der Waals surface area contributed by atoms with E-state index in [2.05, 4.69) is 5.43 Å². The summed E-state index contributed by atoms with van der Waals surface area (Å²) in [4.78, 5) is 11.2. The van der Waals surface area contributed by atoms with Crippen LogP contribution in [0.2, 0.25) is 0 Å². The standard InChI is InChI=1S/C9H19N3O/c1-9(12-11,8(10)13)7-5-3-2-4-6-7/h7,12H,2-6,11H2,1H3,(H2,10,13). The van der Waals surface area contributed by atoms with Crippen LogP contribution in [0.15, 0.2) is 0 Å². The predicted molar refractivity (Wildman–Crippen MR) is 51.5 cm³/mol. The van der Waals surface area contributed by atoms with Crippen molar-refractivity contribution in [3.8, 4) is 0 Å². The fraction of sp³-hybridized carbons (Fsp3) is 0.889. The first-order valence-electron chi connectivity index (χ1n) is 4.89. The number of hydrazine groups is 1. The van der Waals surface area contributed by atoms with E-state index < -0.39 is 5.54 Å². The van der Waals surface area contributed by atoms with Gasteiger partial charge in [-0.1, -0.05) is 19.3 Å². The number of nitrogens with one attached hydrogen (secondary N) is 1. The smallest absolute Gasteiger partial charge is 0.239 e. The average molecular weight is 185 g/mol. The van der Waals surface area contributed by atoms with Gasteiger partial charge in [-0.15, -0.1) is 0 Å². The molecule has 1 unspecified atom stereocenters. The number of nitrogens with two attached hydrogens (primary N) is 2. The highest BCUT2D eigenvalue weighted by molar-refractivity contribution is 5.84. The number of carbonyl (C=O) groups excluding carboxylic acids is 1. The molecule has 1 amide bonds. The summed E-state index contributed by atoms with van der Waals surface area (Å²) >= 11 is 0. The Morgan fingerprint density at radius 3 is 2.31 bits per heavy atom. The normalized spacial score (nSPS) is 23.8. The molecule has 13 heavy (non-hydrogen) atoms. The highest BCUT2D eigenvalue weighted by Crippen LogP contribution is 2.31.